The van der Waals surface area contributed by atoms with E-state index < -0.39 is 0 Å². The summed E-state index contributed by atoms with van der Waals surface area (Å²) in [5.41, 5.74) is 1.24. The zero-order valence-corrected chi connectivity index (χ0v) is 9.91. The molecule has 0 aliphatic heterocycles. The summed E-state index contributed by atoms with van der Waals surface area (Å²) in [7, 11) is 0. The van der Waals surface area contributed by atoms with Gasteiger partial charge in [-0.25, -0.2) is 0 Å². The number of rotatable bonds is 2. The van der Waals surface area contributed by atoms with E-state index in [9.17, 15) is 0 Å². The van der Waals surface area contributed by atoms with E-state index in [0.717, 1.165) is 9.96 Å². The second-order valence-corrected chi connectivity index (χ2v) is 4.72. The van der Waals surface area contributed by atoms with E-state index in [2.05, 4.69) is 37.8 Å². The maximum Gasteiger partial charge on any atom is 0.174 e. The van der Waals surface area contributed by atoms with Crippen LogP contribution in [0.4, 0.5) is 0 Å². The van der Waals surface area contributed by atoms with Gasteiger partial charge in [-0.15, -0.1) is 12.6 Å². The van der Waals surface area contributed by atoms with Crippen LogP contribution in [0.5, 0.6) is 5.06 Å². The summed E-state index contributed by atoms with van der Waals surface area (Å²) in [6.45, 7) is 4.80. The quantitative estimate of drug-likeness (QED) is 0.761. The molecule has 0 N–H and O–H groups in total. The average Bonchev–Trinajstić information content (AvgIpc) is 2.48. The fourth-order valence-electron chi connectivity index (χ4n) is 1.44. The third-order valence-electron chi connectivity index (χ3n) is 2.02. The molecule has 0 spiro atoms. The molecule has 0 saturated carbocycles. The van der Waals surface area contributed by atoms with E-state index in [0.29, 0.717) is 6.61 Å². The maximum absolute atomic E-state index is 5.47. The Balaban J connectivity index is 2.58. The molecule has 1 heterocycles. The first-order chi connectivity index (χ1) is 6.70. The maximum atomic E-state index is 5.47. The van der Waals surface area contributed by atoms with E-state index in [-0.39, 0.29) is 0 Å². The summed E-state index contributed by atoms with van der Waals surface area (Å²) in [6, 6.07) is 6.31. The minimum absolute atomic E-state index is 0.716. The fourth-order valence-corrected chi connectivity index (χ4v) is 3.00. The Labute approximate surface area is 93.1 Å². The molecule has 1 aromatic carbocycles. The van der Waals surface area contributed by atoms with E-state index in [1.807, 2.05) is 6.92 Å². The van der Waals surface area contributed by atoms with E-state index >= 15 is 0 Å². The lowest BCUT2D eigenvalue weighted by molar-refractivity contribution is 0.350. The molecule has 0 aliphatic rings. The zero-order chi connectivity index (χ0) is 10.1. The van der Waals surface area contributed by atoms with Crippen molar-refractivity contribution in [2.75, 3.05) is 6.61 Å². The predicted octanol–water partition coefficient (Wildman–Crippen LogP) is 3.90. The van der Waals surface area contributed by atoms with Crippen LogP contribution in [-0.2, 0) is 0 Å². The Morgan fingerprint density at radius 3 is 2.86 bits per heavy atom. The third kappa shape index (κ3) is 1.74. The number of thiophene rings is 1. The van der Waals surface area contributed by atoms with Crippen molar-refractivity contribution < 1.29 is 4.74 Å². The van der Waals surface area contributed by atoms with Crippen molar-refractivity contribution in [1.82, 2.24) is 0 Å². The molecule has 0 aliphatic carbocycles. The lowest BCUT2D eigenvalue weighted by Gasteiger charge is -1.96. The predicted molar refractivity (Wildman–Crippen MR) is 65.0 cm³/mol. The molecular weight excluding hydrogens is 212 g/mol. The number of aryl methyl sites for hydroxylation is 1. The van der Waals surface area contributed by atoms with E-state index in [4.69, 9.17) is 4.74 Å². The van der Waals surface area contributed by atoms with Crippen LogP contribution in [0.15, 0.2) is 23.1 Å². The van der Waals surface area contributed by atoms with Gasteiger partial charge < -0.3 is 4.74 Å². The number of thiol groups is 1. The van der Waals surface area contributed by atoms with Crippen LogP contribution in [0.2, 0.25) is 0 Å². The first kappa shape index (κ1) is 9.87. The average molecular weight is 224 g/mol. The highest BCUT2D eigenvalue weighted by atomic mass is 32.1. The van der Waals surface area contributed by atoms with Gasteiger partial charge in [-0.2, -0.15) is 0 Å². The number of hydrogen-bond donors (Lipinski definition) is 1. The monoisotopic (exact) mass is 224 g/mol. The molecule has 0 radical (unpaired) electrons. The number of fused-ring (bicyclic) bond motifs is 1. The Morgan fingerprint density at radius 1 is 1.36 bits per heavy atom. The summed E-state index contributed by atoms with van der Waals surface area (Å²) >= 11 is 6.13. The van der Waals surface area contributed by atoms with Crippen LogP contribution >= 0.6 is 24.0 Å². The molecule has 0 atom stereocenters. The molecule has 0 saturated heterocycles. The highest BCUT2D eigenvalue weighted by molar-refractivity contribution is 7.80. The van der Waals surface area contributed by atoms with Gasteiger partial charge in [-0.3, -0.25) is 0 Å². The molecule has 0 fully saturated rings. The fraction of sp³-hybridized carbons (Fsp3) is 0.273. The van der Waals surface area contributed by atoms with Crippen molar-refractivity contribution in [1.29, 1.82) is 0 Å². The molecule has 0 unspecified atom stereocenters. The summed E-state index contributed by atoms with van der Waals surface area (Å²) < 4.78 is 6.72. The second kappa shape index (κ2) is 3.83. The molecule has 1 aromatic heterocycles. The highest BCUT2D eigenvalue weighted by Crippen LogP contribution is 2.35. The Kier molecular flexibility index (Phi) is 2.70. The molecule has 1 nitrogen and oxygen atoms in total. The highest BCUT2D eigenvalue weighted by Gasteiger charge is 2.05. The van der Waals surface area contributed by atoms with Gasteiger partial charge in [0.2, 0.25) is 0 Å². The Bertz CT molecular complexity index is 460. The smallest absolute Gasteiger partial charge is 0.174 e. The lowest BCUT2D eigenvalue weighted by Crippen LogP contribution is -1.86. The molecule has 2 rings (SSSR count). The zero-order valence-electron chi connectivity index (χ0n) is 8.20. The van der Waals surface area contributed by atoms with Crippen molar-refractivity contribution >= 4 is 34.1 Å². The molecule has 0 bridgehead atoms. The minimum Gasteiger partial charge on any atom is -0.484 e. The van der Waals surface area contributed by atoms with Crippen LogP contribution in [0, 0.1) is 6.92 Å². The summed E-state index contributed by atoms with van der Waals surface area (Å²) in [6.07, 6.45) is 0. The topological polar surface area (TPSA) is 9.23 Å². The van der Waals surface area contributed by atoms with Crippen LogP contribution in [0.25, 0.3) is 10.1 Å². The van der Waals surface area contributed by atoms with Crippen LogP contribution in [0.1, 0.15) is 12.5 Å². The van der Waals surface area contributed by atoms with Crippen molar-refractivity contribution in [3.8, 4) is 5.06 Å². The van der Waals surface area contributed by atoms with Gasteiger partial charge in [0.05, 0.1) is 6.61 Å². The first-order valence-corrected chi connectivity index (χ1v) is 5.83. The lowest BCUT2D eigenvalue weighted by atomic mass is 10.2. The minimum atomic E-state index is 0.716. The second-order valence-electron chi connectivity index (χ2n) is 3.19. The first-order valence-electron chi connectivity index (χ1n) is 4.56. The van der Waals surface area contributed by atoms with Crippen LogP contribution in [0.3, 0.4) is 0 Å². The van der Waals surface area contributed by atoms with Crippen molar-refractivity contribution in [3.05, 3.63) is 23.8 Å². The van der Waals surface area contributed by atoms with Gasteiger partial charge in [-0.1, -0.05) is 11.3 Å². The molecule has 0 amide bonds. The van der Waals surface area contributed by atoms with Crippen molar-refractivity contribution in [2.45, 2.75) is 18.7 Å². The van der Waals surface area contributed by atoms with Gasteiger partial charge in [-0.05, 0) is 31.5 Å². The Morgan fingerprint density at radius 2 is 2.14 bits per heavy atom. The van der Waals surface area contributed by atoms with Crippen molar-refractivity contribution in [3.63, 3.8) is 0 Å². The molecule has 3 heteroatoms. The Hall–Kier alpha value is -0.670. The van der Waals surface area contributed by atoms with Crippen LogP contribution in [-0.4, -0.2) is 6.61 Å². The van der Waals surface area contributed by atoms with Gasteiger partial charge in [0, 0.05) is 21.0 Å². The van der Waals surface area contributed by atoms with E-state index in [1.165, 1.54) is 15.6 Å². The summed E-state index contributed by atoms with van der Waals surface area (Å²) in [5.74, 6) is 0. The SMILES string of the molecule is CCOc1cc2c(S)cc(C)cc2s1. The summed E-state index contributed by atoms with van der Waals surface area (Å²) in [4.78, 5) is 1.03. The van der Waals surface area contributed by atoms with Gasteiger partial charge in [0.25, 0.3) is 0 Å². The van der Waals surface area contributed by atoms with Crippen LogP contribution < -0.4 is 4.74 Å². The summed E-state index contributed by atoms with van der Waals surface area (Å²) in [5, 5.41) is 2.16. The van der Waals surface area contributed by atoms with Gasteiger partial charge in [0.1, 0.15) is 0 Å². The standard InChI is InChI=1S/C11H12OS2/c1-3-12-11-6-8-9(13)4-7(2)5-10(8)14-11/h4-6,13H,3H2,1-2H3. The van der Waals surface area contributed by atoms with Gasteiger partial charge in [0.15, 0.2) is 5.06 Å². The number of hydrogen-bond acceptors (Lipinski definition) is 3. The largest absolute Gasteiger partial charge is 0.484 e. The molecule has 2 aromatic rings. The van der Waals surface area contributed by atoms with E-state index in [1.54, 1.807) is 11.3 Å². The normalized spacial score (nSPS) is 10.8. The molecular formula is C11H12OS2. The van der Waals surface area contributed by atoms with Gasteiger partial charge >= 0.3 is 0 Å². The molecule has 74 valence electrons. The van der Waals surface area contributed by atoms with Crippen molar-refractivity contribution in [2.24, 2.45) is 0 Å². The molecule has 14 heavy (non-hydrogen) atoms. The number of ether oxygens (including phenoxy) is 1. The number of benzene rings is 1. The third-order valence-corrected chi connectivity index (χ3v) is 3.39.